The highest BCUT2D eigenvalue weighted by molar-refractivity contribution is 7.59. The fourth-order valence-corrected chi connectivity index (χ4v) is 1.62. The van der Waals surface area contributed by atoms with Crippen molar-refractivity contribution in [3.05, 3.63) is 64.2 Å². The largest absolute Gasteiger partial charge is 0.397 e. The van der Waals surface area contributed by atoms with Crippen LogP contribution in [0.4, 0.5) is 17.1 Å². The third kappa shape index (κ3) is 3.89. The molecule has 5 nitrogen and oxygen atoms in total. The maximum Gasteiger partial charge on any atom is 0.271 e. The summed E-state index contributed by atoms with van der Waals surface area (Å²) in [4.78, 5) is 10.1. The number of nitro groups is 1. The fraction of sp³-hybridized carbons (Fsp3) is 0.0769. The van der Waals surface area contributed by atoms with Crippen molar-refractivity contribution in [2.75, 3.05) is 11.1 Å². The molecule has 0 saturated carbocycles. The predicted octanol–water partition coefficient (Wildman–Crippen LogP) is 2.90. The Balaban J connectivity index is 0.00000180. The highest BCUT2D eigenvalue weighted by atomic mass is 32.1. The van der Waals surface area contributed by atoms with Crippen LogP contribution in [0.25, 0.3) is 0 Å². The third-order valence-corrected chi connectivity index (χ3v) is 2.57. The minimum atomic E-state index is -0.461. The number of nitrogens with zero attached hydrogens (tertiary/aromatic N) is 1. The molecule has 0 heterocycles. The van der Waals surface area contributed by atoms with E-state index in [0.717, 1.165) is 5.56 Å². The van der Waals surface area contributed by atoms with E-state index in [-0.39, 0.29) is 19.2 Å². The van der Waals surface area contributed by atoms with E-state index in [4.69, 9.17) is 5.73 Å². The molecule has 0 aliphatic heterocycles. The number of rotatable bonds is 4. The quantitative estimate of drug-likeness (QED) is 0.511. The molecule has 2 aromatic rings. The summed E-state index contributed by atoms with van der Waals surface area (Å²) in [6.07, 6.45) is 0. The standard InChI is InChI=1S/C13H13N3O2.H2S/c14-12-8-11(16(17)18)6-7-13(12)15-9-10-4-2-1-3-5-10;/h1-8,15H,9,14H2;1H2. The molecular formula is C13H15N3O2S. The number of nitrogens with one attached hydrogen (secondary N) is 1. The summed E-state index contributed by atoms with van der Waals surface area (Å²) in [6.45, 7) is 0.628. The van der Waals surface area contributed by atoms with Crippen molar-refractivity contribution in [3.8, 4) is 0 Å². The molecule has 6 heteroatoms. The van der Waals surface area contributed by atoms with E-state index in [0.29, 0.717) is 17.9 Å². The molecule has 2 rings (SSSR count). The van der Waals surface area contributed by atoms with Crippen LogP contribution in [0.5, 0.6) is 0 Å². The maximum absolute atomic E-state index is 10.6. The lowest BCUT2D eigenvalue weighted by Crippen LogP contribution is -2.02. The van der Waals surface area contributed by atoms with Crippen LogP contribution in [0.15, 0.2) is 48.5 Å². The molecule has 0 aliphatic carbocycles. The molecule has 0 aliphatic rings. The molecule has 0 aromatic heterocycles. The number of anilines is 2. The highest BCUT2D eigenvalue weighted by Crippen LogP contribution is 2.24. The number of hydrogen-bond donors (Lipinski definition) is 2. The van der Waals surface area contributed by atoms with Crippen molar-refractivity contribution < 1.29 is 4.92 Å². The predicted molar refractivity (Wildman–Crippen MR) is 81.7 cm³/mol. The molecule has 0 spiro atoms. The third-order valence-electron chi connectivity index (χ3n) is 2.57. The van der Waals surface area contributed by atoms with Crippen molar-refractivity contribution >= 4 is 30.6 Å². The van der Waals surface area contributed by atoms with Gasteiger partial charge in [-0.3, -0.25) is 10.1 Å². The van der Waals surface area contributed by atoms with Crippen LogP contribution < -0.4 is 11.1 Å². The second kappa shape index (κ2) is 6.65. The van der Waals surface area contributed by atoms with Crippen LogP contribution in [-0.2, 0) is 6.54 Å². The van der Waals surface area contributed by atoms with Crippen LogP contribution in [0.2, 0.25) is 0 Å². The average Bonchev–Trinajstić information content (AvgIpc) is 2.38. The summed E-state index contributed by atoms with van der Waals surface area (Å²) in [5, 5.41) is 13.7. The van der Waals surface area contributed by atoms with Crippen LogP contribution in [0.1, 0.15) is 5.56 Å². The molecule has 0 bridgehead atoms. The number of benzene rings is 2. The number of nitrogen functional groups attached to an aromatic ring is 1. The van der Waals surface area contributed by atoms with E-state index in [1.807, 2.05) is 30.3 Å². The Morgan fingerprint density at radius 2 is 1.84 bits per heavy atom. The Kier molecular flexibility index (Phi) is 5.20. The van der Waals surface area contributed by atoms with E-state index in [1.54, 1.807) is 6.07 Å². The van der Waals surface area contributed by atoms with Gasteiger partial charge in [0.15, 0.2) is 0 Å². The maximum atomic E-state index is 10.6. The van der Waals surface area contributed by atoms with Crippen molar-refractivity contribution in [1.29, 1.82) is 0 Å². The molecule has 0 amide bonds. The van der Waals surface area contributed by atoms with Gasteiger partial charge in [0.2, 0.25) is 0 Å². The van der Waals surface area contributed by atoms with Gasteiger partial charge in [0.1, 0.15) is 0 Å². The van der Waals surface area contributed by atoms with Gasteiger partial charge in [0, 0.05) is 18.7 Å². The van der Waals surface area contributed by atoms with Crippen LogP contribution in [0.3, 0.4) is 0 Å². The number of non-ortho nitro benzene ring substituents is 1. The van der Waals surface area contributed by atoms with Gasteiger partial charge in [-0.2, -0.15) is 13.5 Å². The van der Waals surface area contributed by atoms with E-state index >= 15 is 0 Å². The van der Waals surface area contributed by atoms with Gasteiger partial charge >= 0.3 is 0 Å². The molecule has 2 aromatic carbocycles. The van der Waals surface area contributed by atoms with Gasteiger partial charge in [0.25, 0.3) is 5.69 Å². The SMILES string of the molecule is Nc1cc([N+](=O)[O-])ccc1NCc1ccccc1.S. The van der Waals surface area contributed by atoms with Crippen LogP contribution in [0, 0.1) is 10.1 Å². The molecule has 0 radical (unpaired) electrons. The Labute approximate surface area is 118 Å². The zero-order valence-electron chi connectivity index (χ0n) is 10.2. The molecule has 0 atom stereocenters. The molecule has 0 saturated heterocycles. The number of nitrogens with two attached hydrogens (primary N) is 1. The Hall–Kier alpha value is -2.21. The Morgan fingerprint density at radius 3 is 2.42 bits per heavy atom. The minimum absolute atomic E-state index is 0. The molecular weight excluding hydrogens is 262 g/mol. The molecule has 3 N–H and O–H groups in total. The number of nitro benzene ring substituents is 1. The highest BCUT2D eigenvalue weighted by Gasteiger charge is 2.08. The second-order valence-corrected chi connectivity index (χ2v) is 3.87. The summed E-state index contributed by atoms with van der Waals surface area (Å²) in [5.41, 5.74) is 7.95. The van der Waals surface area contributed by atoms with E-state index in [1.165, 1.54) is 12.1 Å². The van der Waals surface area contributed by atoms with Gasteiger partial charge in [-0.25, -0.2) is 0 Å². The summed E-state index contributed by atoms with van der Waals surface area (Å²) in [5.74, 6) is 0. The normalized spacial score (nSPS) is 9.47. The van der Waals surface area contributed by atoms with Gasteiger partial charge < -0.3 is 11.1 Å². The van der Waals surface area contributed by atoms with E-state index in [2.05, 4.69) is 5.32 Å². The zero-order valence-corrected chi connectivity index (χ0v) is 11.2. The lowest BCUT2D eigenvalue weighted by Gasteiger charge is -2.09. The molecule has 0 fully saturated rings. The molecule has 19 heavy (non-hydrogen) atoms. The van der Waals surface area contributed by atoms with Gasteiger partial charge in [-0.05, 0) is 11.6 Å². The van der Waals surface area contributed by atoms with Gasteiger partial charge in [-0.1, -0.05) is 30.3 Å². The van der Waals surface area contributed by atoms with Gasteiger partial charge in [-0.15, -0.1) is 0 Å². The lowest BCUT2D eigenvalue weighted by atomic mass is 10.2. The summed E-state index contributed by atoms with van der Waals surface area (Å²) in [6, 6.07) is 14.3. The van der Waals surface area contributed by atoms with E-state index < -0.39 is 4.92 Å². The first-order chi connectivity index (χ1) is 8.66. The monoisotopic (exact) mass is 277 g/mol. The second-order valence-electron chi connectivity index (χ2n) is 3.87. The first-order valence-corrected chi connectivity index (χ1v) is 5.48. The van der Waals surface area contributed by atoms with E-state index in [9.17, 15) is 10.1 Å². The zero-order chi connectivity index (χ0) is 13.0. The van der Waals surface area contributed by atoms with Crippen molar-refractivity contribution in [2.45, 2.75) is 6.54 Å². The summed E-state index contributed by atoms with van der Waals surface area (Å²) >= 11 is 0. The topological polar surface area (TPSA) is 81.2 Å². The number of hydrogen-bond acceptors (Lipinski definition) is 4. The van der Waals surface area contributed by atoms with Crippen LogP contribution >= 0.6 is 13.5 Å². The first kappa shape index (κ1) is 14.8. The molecule has 0 unspecified atom stereocenters. The fourth-order valence-electron chi connectivity index (χ4n) is 1.62. The van der Waals surface area contributed by atoms with Crippen molar-refractivity contribution in [3.63, 3.8) is 0 Å². The van der Waals surface area contributed by atoms with Crippen molar-refractivity contribution in [2.24, 2.45) is 0 Å². The summed E-state index contributed by atoms with van der Waals surface area (Å²) < 4.78 is 0. The average molecular weight is 277 g/mol. The minimum Gasteiger partial charge on any atom is -0.397 e. The van der Waals surface area contributed by atoms with Crippen LogP contribution in [-0.4, -0.2) is 4.92 Å². The molecule has 100 valence electrons. The smallest absolute Gasteiger partial charge is 0.271 e. The first-order valence-electron chi connectivity index (χ1n) is 5.48. The lowest BCUT2D eigenvalue weighted by molar-refractivity contribution is -0.384. The Bertz CT molecular complexity index is 561. The Morgan fingerprint density at radius 1 is 1.16 bits per heavy atom. The van der Waals surface area contributed by atoms with Crippen molar-refractivity contribution in [1.82, 2.24) is 0 Å². The summed E-state index contributed by atoms with van der Waals surface area (Å²) in [7, 11) is 0. The van der Waals surface area contributed by atoms with Gasteiger partial charge in [0.05, 0.1) is 16.3 Å².